The van der Waals surface area contributed by atoms with Gasteiger partial charge < -0.3 is 9.47 Å². The highest BCUT2D eigenvalue weighted by molar-refractivity contribution is 5.80. The first kappa shape index (κ1) is 15.3. The number of fused-ring (bicyclic) bond motifs is 1. The van der Waals surface area contributed by atoms with Gasteiger partial charge in [0.2, 0.25) is 0 Å². The van der Waals surface area contributed by atoms with E-state index in [9.17, 15) is 0 Å². The van der Waals surface area contributed by atoms with Gasteiger partial charge in [-0.1, -0.05) is 37.3 Å². The lowest BCUT2D eigenvalue weighted by atomic mass is 10.2. The molecule has 0 spiro atoms. The minimum Gasteiger partial charge on any atom is -0.378 e. The highest BCUT2D eigenvalue weighted by Crippen LogP contribution is 2.19. The van der Waals surface area contributed by atoms with Gasteiger partial charge in [0, 0.05) is 26.3 Å². The van der Waals surface area contributed by atoms with Gasteiger partial charge in [0.05, 0.1) is 11.0 Å². The van der Waals surface area contributed by atoms with Gasteiger partial charge in [0.15, 0.2) is 0 Å². The van der Waals surface area contributed by atoms with Crippen LogP contribution < -0.4 is 4.90 Å². The number of hydrogen-bond donors (Lipinski definition) is 0. The van der Waals surface area contributed by atoms with Crippen molar-refractivity contribution in [1.82, 2.24) is 9.55 Å². The zero-order chi connectivity index (χ0) is 16.2. The van der Waals surface area contributed by atoms with Crippen molar-refractivity contribution < 1.29 is 0 Å². The molecule has 3 heteroatoms. The standard InChI is InChI=1S/C20H23N3/c1-4-15-23-19-8-6-5-7-18(19)21-20(23)14-11-16-9-12-17(13-10-16)22(2)3/h5-14H,4,15H2,1-3H3/b14-11+. The van der Waals surface area contributed by atoms with Crippen LogP contribution in [0, 0.1) is 0 Å². The van der Waals surface area contributed by atoms with Gasteiger partial charge >= 0.3 is 0 Å². The molecule has 1 aromatic heterocycles. The van der Waals surface area contributed by atoms with Crippen LogP contribution in [0.4, 0.5) is 5.69 Å². The maximum absolute atomic E-state index is 4.76. The molecule has 0 bridgehead atoms. The molecule has 0 aliphatic rings. The molecule has 2 aromatic carbocycles. The lowest BCUT2D eigenvalue weighted by Crippen LogP contribution is -2.07. The Morgan fingerprint density at radius 2 is 1.74 bits per heavy atom. The second-order valence-electron chi connectivity index (χ2n) is 5.93. The molecule has 0 saturated heterocycles. The van der Waals surface area contributed by atoms with E-state index in [-0.39, 0.29) is 0 Å². The molecular formula is C20H23N3. The Kier molecular flexibility index (Phi) is 4.47. The van der Waals surface area contributed by atoms with Crippen molar-refractivity contribution in [2.45, 2.75) is 19.9 Å². The third-order valence-electron chi connectivity index (χ3n) is 3.97. The summed E-state index contributed by atoms with van der Waals surface area (Å²) in [5.74, 6) is 1.02. The van der Waals surface area contributed by atoms with E-state index in [4.69, 9.17) is 4.98 Å². The Hall–Kier alpha value is -2.55. The van der Waals surface area contributed by atoms with Crippen LogP contribution in [-0.2, 0) is 6.54 Å². The van der Waals surface area contributed by atoms with Crippen LogP contribution in [0.1, 0.15) is 24.7 Å². The van der Waals surface area contributed by atoms with Gasteiger partial charge in [-0.15, -0.1) is 0 Å². The molecule has 0 aliphatic heterocycles. The number of rotatable bonds is 5. The quantitative estimate of drug-likeness (QED) is 0.682. The Bertz CT molecular complexity index is 811. The summed E-state index contributed by atoms with van der Waals surface area (Å²) in [5, 5.41) is 0. The molecule has 0 atom stereocenters. The van der Waals surface area contributed by atoms with Gasteiger partial charge in [-0.3, -0.25) is 0 Å². The fourth-order valence-electron chi connectivity index (χ4n) is 2.73. The van der Waals surface area contributed by atoms with Crippen molar-refractivity contribution in [3.8, 4) is 0 Å². The molecule has 118 valence electrons. The maximum atomic E-state index is 4.76. The molecule has 0 radical (unpaired) electrons. The summed E-state index contributed by atoms with van der Waals surface area (Å²) in [4.78, 5) is 6.87. The first-order valence-corrected chi connectivity index (χ1v) is 8.10. The van der Waals surface area contributed by atoms with Gasteiger partial charge in [-0.25, -0.2) is 4.98 Å². The Labute approximate surface area is 137 Å². The van der Waals surface area contributed by atoms with E-state index in [2.05, 4.69) is 85.1 Å². The van der Waals surface area contributed by atoms with Gasteiger partial charge in [0.25, 0.3) is 0 Å². The topological polar surface area (TPSA) is 21.1 Å². The normalized spacial score (nSPS) is 11.4. The maximum Gasteiger partial charge on any atom is 0.133 e. The smallest absolute Gasteiger partial charge is 0.133 e. The number of aromatic nitrogens is 2. The lowest BCUT2D eigenvalue weighted by molar-refractivity contribution is 0.691. The second-order valence-corrected chi connectivity index (χ2v) is 5.93. The van der Waals surface area contributed by atoms with E-state index in [1.54, 1.807) is 0 Å². The molecule has 3 rings (SSSR count). The number of aryl methyl sites for hydroxylation is 1. The summed E-state index contributed by atoms with van der Waals surface area (Å²) in [6, 6.07) is 16.9. The minimum atomic E-state index is 0.986. The van der Waals surface area contributed by atoms with Crippen LogP contribution in [0.25, 0.3) is 23.2 Å². The van der Waals surface area contributed by atoms with Crippen molar-refractivity contribution in [2.75, 3.05) is 19.0 Å². The van der Waals surface area contributed by atoms with E-state index in [0.717, 1.165) is 24.3 Å². The highest BCUT2D eigenvalue weighted by atomic mass is 15.1. The van der Waals surface area contributed by atoms with Crippen molar-refractivity contribution in [1.29, 1.82) is 0 Å². The number of hydrogen-bond acceptors (Lipinski definition) is 2. The van der Waals surface area contributed by atoms with Gasteiger partial charge in [-0.2, -0.15) is 0 Å². The summed E-state index contributed by atoms with van der Waals surface area (Å²) in [6.07, 6.45) is 5.34. The summed E-state index contributed by atoms with van der Waals surface area (Å²) < 4.78 is 2.29. The summed E-state index contributed by atoms with van der Waals surface area (Å²) in [7, 11) is 4.11. The molecule has 23 heavy (non-hydrogen) atoms. The fourth-order valence-corrected chi connectivity index (χ4v) is 2.73. The van der Waals surface area contributed by atoms with E-state index in [1.165, 1.54) is 16.8 Å². The Balaban J connectivity index is 1.92. The van der Waals surface area contributed by atoms with Gasteiger partial charge in [0.1, 0.15) is 5.82 Å². The zero-order valence-electron chi connectivity index (χ0n) is 14.0. The largest absolute Gasteiger partial charge is 0.378 e. The van der Waals surface area contributed by atoms with E-state index in [0.29, 0.717) is 0 Å². The molecule has 0 fully saturated rings. The average Bonchev–Trinajstić information content (AvgIpc) is 2.92. The predicted octanol–water partition coefficient (Wildman–Crippen LogP) is 4.68. The lowest BCUT2D eigenvalue weighted by Gasteiger charge is -2.11. The Morgan fingerprint density at radius 3 is 2.43 bits per heavy atom. The molecule has 0 aliphatic carbocycles. The zero-order valence-corrected chi connectivity index (χ0v) is 14.0. The molecule has 1 heterocycles. The van der Waals surface area contributed by atoms with Crippen LogP contribution in [-0.4, -0.2) is 23.6 Å². The first-order valence-electron chi connectivity index (χ1n) is 8.10. The SMILES string of the molecule is CCCn1c(/C=C/c2ccc(N(C)C)cc2)nc2ccccc21. The van der Waals surface area contributed by atoms with Crippen molar-refractivity contribution >= 4 is 28.9 Å². The summed E-state index contributed by atoms with van der Waals surface area (Å²) in [6.45, 7) is 3.18. The summed E-state index contributed by atoms with van der Waals surface area (Å²) in [5.41, 5.74) is 4.66. The third kappa shape index (κ3) is 3.29. The van der Waals surface area contributed by atoms with Gasteiger partial charge in [-0.05, 0) is 42.3 Å². The summed E-state index contributed by atoms with van der Waals surface area (Å²) >= 11 is 0. The van der Waals surface area contributed by atoms with Crippen LogP contribution in [0.3, 0.4) is 0 Å². The van der Waals surface area contributed by atoms with Crippen LogP contribution in [0.5, 0.6) is 0 Å². The molecule has 0 amide bonds. The van der Waals surface area contributed by atoms with E-state index < -0.39 is 0 Å². The minimum absolute atomic E-state index is 0.986. The number of anilines is 1. The molecule has 3 aromatic rings. The number of imidazole rings is 1. The predicted molar refractivity (Wildman–Crippen MR) is 99.7 cm³/mol. The molecule has 0 saturated carbocycles. The second kappa shape index (κ2) is 6.69. The van der Waals surface area contributed by atoms with Crippen molar-refractivity contribution in [2.24, 2.45) is 0 Å². The van der Waals surface area contributed by atoms with Crippen molar-refractivity contribution in [3.05, 3.63) is 59.9 Å². The highest BCUT2D eigenvalue weighted by Gasteiger charge is 2.06. The van der Waals surface area contributed by atoms with E-state index >= 15 is 0 Å². The van der Waals surface area contributed by atoms with Crippen LogP contribution in [0.15, 0.2) is 48.5 Å². The van der Waals surface area contributed by atoms with E-state index in [1.807, 2.05) is 6.07 Å². The fraction of sp³-hybridized carbons (Fsp3) is 0.250. The Morgan fingerprint density at radius 1 is 1.00 bits per heavy atom. The molecule has 0 unspecified atom stereocenters. The molecule has 0 N–H and O–H groups in total. The van der Waals surface area contributed by atoms with Crippen LogP contribution in [0.2, 0.25) is 0 Å². The molecule has 3 nitrogen and oxygen atoms in total. The average molecular weight is 305 g/mol. The molecular weight excluding hydrogens is 282 g/mol. The monoisotopic (exact) mass is 305 g/mol. The van der Waals surface area contributed by atoms with Crippen LogP contribution >= 0.6 is 0 Å². The number of benzene rings is 2. The third-order valence-corrected chi connectivity index (χ3v) is 3.97. The first-order chi connectivity index (χ1) is 11.2. The van der Waals surface area contributed by atoms with Crippen molar-refractivity contribution in [3.63, 3.8) is 0 Å². The number of para-hydroxylation sites is 2. The number of nitrogens with zero attached hydrogens (tertiary/aromatic N) is 3.